The molecule has 2 heterocycles. The van der Waals surface area contributed by atoms with Crippen molar-refractivity contribution in [2.24, 2.45) is 0 Å². The Labute approximate surface area is 193 Å². The highest BCUT2D eigenvalue weighted by molar-refractivity contribution is 6.51. The zero-order valence-corrected chi connectivity index (χ0v) is 18.6. The van der Waals surface area contributed by atoms with Crippen molar-refractivity contribution in [2.75, 3.05) is 19.1 Å². The van der Waals surface area contributed by atoms with Crippen molar-refractivity contribution >= 4 is 34.7 Å². The number of hydrogen-bond donors (Lipinski definition) is 1. The van der Waals surface area contributed by atoms with Crippen LogP contribution in [-0.4, -0.2) is 31.0 Å². The third kappa shape index (κ3) is 3.82. The lowest BCUT2D eigenvalue weighted by Crippen LogP contribution is -2.29. The summed E-state index contributed by atoms with van der Waals surface area (Å²) in [5.41, 5.74) is 0.0980. The van der Waals surface area contributed by atoms with Crippen LogP contribution in [0.2, 0.25) is 5.02 Å². The number of anilines is 1. The van der Waals surface area contributed by atoms with E-state index in [1.165, 1.54) is 32.4 Å². The molecule has 4 rings (SSSR count). The first-order valence-electron chi connectivity index (χ1n) is 9.81. The third-order valence-electron chi connectivity index (χ3n) is 5.32. The summed E-state index contributed by atoms with van der Waals surface area (Å²) in [5.74, 6) is -1.59. The summed E-state index contributed by atoms with van der Waals surface area (Å²) in [7, 11) is 2.86. The van der Waals surface area contributed by atoms with E-state index in [0.717, 1.165) is 11.0 Å². The number of amides is 1. The molecule has 0 aliphatic carbocycles. The van der Waals surface area contributed by atoms with Crippen molar-refractivity contribution < 1.29 is 33.0 Å². The quantitative estimate of drug-likeness (QED) is 0.319. The molecule has 0 radical (unpaired) electrons. The molecule has 1 aromatic heterocycles. The maximum absolute atomic E-state index is 13.8. The van der Waals surface area contributed by atoms with Gasteiger partial charge in [-0.15, -0.1) is 0 Å². The Morgan fingerprint density at radius 3 is 2.45 bits per heavy atom. The molecule has 1 N–H and O–H groups in total. The molecule has 1 atom stereocenters. The van der Waals surface area contributed by atoms with Gasteiger partial charge in [0.2, 0.25) is 0 Å². The number of rotatable bonds is 5. The number of Topliss-reactive ketones (excluding diaryl/α,β-unsaturated/α-hetero) is 1. The number of nitrogens with zero attached hydrogens (tertiary/aromatic N) is 1. The molecule has 1 saturated heterocycles. The van der Waals surface area contributed by atoms with Crippen LogP contribution in [0.3, 0.4) is 0 Å². The zero-order chi connectivity index (χ0) is 23.9. The first-order valence-corrected chi connectivity index (χ1v) is 10.2. The SMILES string of the molecule is COc1ccc(OC)c(/C(O)=C2/C(=O)C(=O)N(c3ccc(F)c(Cl)c3)C2c2ccc(C)o2)c1. The molecule has 1 aliphatic heterocycles. The lowest BCUT2D eigenvalue weighted by Gasteiger charge is -2.24. The molecule has 9 heteroatoms. The van der Waals surface area contributed by atoms with Gasteiger partial charge in [0.25, 0.3) is 11.7 Å². The molecular formula is C24H19ClFNO6. The molecule has 33 heavy (non-hydrogen) atoms. The fraction of sp³-hybridized carbons (Fsp3) is 0.167. The summed E-state index contributed by atoms with van der Waals surface area (Å²) in [6.45, 7) is 1.70. The summed E-state index contributed by atoms with van der Waals surface area (Å²) in [4.78, 5) is 27.4. The predicted octanol–water partition coefficient (Wildman–Crippen LogP) is 5.02. The number of furan rings is 1. The van der Waals surface area contributed by atoms with Crippen LogP contribution in [-0.2, 0) is 9.59 Å². The number of carbonyl (C=O) groups excluding carboxylic acids is 2. The second-order valence-electron chi connectivity index (χ2n) is 7.28. The number of carbonyl (C=O) groups is 2. The normalized spacial score (nSPS) is 17.5. The van der Waals surface area contributed by atoms with Crippen LogP contribution < -0.4 is 14.4 Å². The number of aliphatic hydroxyl groups excluding tert-OH is 1. The van der Waals surface area contributed by atoms with Crippen LogP contribution in [0.1, 0.15) is 23.1 Å². The molecule has 0 bridgehead atoms. The van der Waals surface area contributed by atoms with Crippen LogP contribution >= 0.6 is 11.6 Å². The topological polar surface area (TPSA) is 89.2 Å². The molecule has 1 amide bonds. The van der Waals surface area contributed by atoms with Gasteiger partial charge in [-0.05, 0) is 55.5 Å². The first kappa shape index (κ1) is 22.4. The van der Waals surface area contributed by atoms with Crippen LogP contribution in [0.4, 0.5) is 10.1 Å². The van der Waals surface area contributed by atoms with Gasteiger partial charge in [-0.3, -0.25) is 14.5 Å². The highest BCUT2D eigenvalue weighted by Gasteiger charge is 2.48. The molecule has 0 spiro atoms. The van der Waals surface area contributed by atoms with Crippen LogP contribution in [0, 0.1) is 12.7 Å². The van der Waals surface area contributed by atoms with Crippen molar-refractivity contribution in [2.45, 2.75) is 13.0 Å². The average molecular weight is 472 g/mol. The molecule has 170 valence electrons. The molecule has 3 aromatic rings. The largest absolute Gasteiger partial charge is 0.507 e. The smallest absolute Gasteiger partial charge is 0.300 e. The molecule has 2 aromatic carbocycles. The van der Waals surface area contributed by atoms with Gasteiger partial charge in [0.05, 0.1) is 30.4 Å². The Kier molecular flexibility index (Phi) is 5.86. The van der Waals surface area contributed by atoms with Gasteiger partial charge in [-0.25, -0.2) is 4.39 Å². The van der Waals surface area contributed by atoms with E-state index in [9.17, 15) is 19.1 Å². The number of aryl methyl sites for hydroxylation is 1. The Morgan fingerprint density at radius 1 is 1.09 bits per heavy atom. The van der Waals surface area contributed by atoms with E-state index in [-0.39, 0.29) is 33.4 Å². The second kappa shape index (κ2) is 8.63. The second-order valence-corrected chi connectivity index (χ2v) is 7.69. The third-order valence-corrected chi connectivity index (χ3v) is 5.61. The molecule has 1 aliphatic rings. The van der Waals surface area contributed by atoms with Crippen LogP contribution in [0.15, 0.2) is 58.5 Å². The van der Waals surface area contributed by atoms with Gasteiger partial charge < -0.3 is 19.0 Å². The number of halogens is 2. The Bertz CT molecular complexity index is 1300. The number of aliphatic hydroxyl groups is 1. The van der Waals surface area contributed by atoms with Gasteiger partial charge in [-0.2, -0.15) is 0 Å². The van der Waals surface area contributed by atoms with E-state index in [1.54, 1.807) is 31.2 Å². The minimum absolute atomic E-state index is 0.153. The first-order chi connectivity index (χ1) is 15.8. The Balaban J connectivity index is 1.98. The van der Waals surface area contributed by atoms with E-state index in [4.69, 9.17) is 25.5 Å². The van der Waals surface area contributed by atoms with Crippen molar-refractivity contribution in [3.63, 3.8) is 0 Å². The van der Waals surface area contributed by atoms with Gasteiger partial charge in [0.1, 0.15) is 40.6 Å². The van der Waals surface area contributed by atoms with E-state index >= 15 is 0 Å². The van der Waals surface area contributed by atoms with Crippen molar-refractivity contribution in [3.8, 4) is 11.5 Å². The number of benzene rings is 2. The zero-order valence-electron chi connectivity index (χ0n) is 17.9. The minimum atomic E-state index is -1.13. The van der Waals surface area contributed by atoms with Crippen molar-refractivity contribution in [1.29, 1.82) is 0 Å². The number of hydrogen-bond acceptors (Lipinski definition) is 6. The van der Waals surface area contributed by atoms with Gasteiger partial charge in [-0.1, -0.05) is 11.6 Å². The maximum Gasteiger partial charge on any atom is 0.300 e. The summed E-state index contributed by atoms with van der Waals surface area (Å²) in [6.07, 6.45) is 0. The minimum Gasteiger partial charge on any atom is -0.507 e. The summed E-state index contributed by atoms with van der Waals surface area (Å²) < 4.78 is 30.1. The van der Waals surface area contributed by atoms with Gasteiger partial charge in [0, 0.05) is 5.69 Å². The molecule has 0 saturated carbocycles. The highest BCUT2D eigenvalue weighted by atomic mass is 35.5. The van der Waals surface area contributed by atoms with Crippen molar-refractivity contribution in [3.05, 3.63) is 82.0 Å². The number of ketones is 1. The average Bonchev–Trinajstić information content (AvgIpc) is 3.35. The van der Waals surface area contributed by atoms with Gasteiger partial charge in [0.15, 0.2) is 0 Å². The van der Waals surface area contributed by atoms with E-state index in [0.29, 0.717) is 11.5 Å². The molecular weight excluding hydrogens is 453 g/mol. The highest BCUT2D eigenvalue weighted by Crippen LogP contribution is 2.44. The monoisotopic (exact) mass is 471 g/mol. The van der Waals surface area contributed by atoms with E-state index < -0.39 is 29.3 Å². The van der Waals surface area contributed by atoms with E-state index in [1.807, 2.05) is 0 Å². The number of methoxy groups -OCH3 is 2. The Hall–Kier alpha value is -3.78. The lowest BCUT2D eigenvalue weighted by atomic mass is 9.98. The van der Waals surface area contributed by atoms with Crippen LogP contribution in [0.25, 0.3) is 5.76 Å². The van der Waals surface area contributed by atoms with Crippen molar-refractivity contribution in [1.82, 2.24) is 0 Å². The molecule has 1 fully saturated rings. The molecule has 1 unspecified atom stereocenters. The summed E-state index contributed by atoms with van der Waals surface area (Å²) in [5, 5.41) is 11.0. The fourth-order valence-corrected chi connectivity index (χ4v) is 3.92. The van der Waals surface area contributed by atoms with Crippen LogP contribution in [0.5, 0.6) is 11.5 Å². The van der Waals surface area contributed by atoms with Gasteiger partial charge >= 0.3 is 0 Å². The summed E-state index contributed by atoms with van der Waals surface area (Å²) >= 11 is 5.93. The summed E-state index contributed by atoms with van der Waals surface area (Å²) in [6, 6.07) is 10.5. The number of ether oxygens (including phenoxy) is 2. The maximum atomic E-state index is 13.8. The lowest BCUT2D eigenvalue weighted by molar-refractivity contribution is -0.132. The fourth-order valence-electron chi connectivity index (χ4n) is 3.75. The Morgan fingerprint density at radius 2 is 1.85 bits per heavy atom. The van der Waals surface area contributed by atoms with E-state index in [2.05, 4.69) is 0 Å². The predicted molar refractivity (Wildman–Crippen MR) is 119 cm³/mol. The molecule has 7 nitrogen and oxygen atoms in total. The standard InChI is InChI=1S/C24H19ClFNO6/c1-12-4-8-19(33-12)21-20(22(28)15-11-14(31-2)6-9-18(15)32-3)23(29)24(30)27(21)13-5-7-17(26)16(25)10-13/h4-11,21,28H,1-3H3/b22-20-.